The third kappa shape index (κ3) is 1.05. The molecule has 0 aromatic rings. The zero-order valence-electron chi connectivity index (χ0n) is 11.1. The van der Waals surface area contributed by atoms with Crippen molar-refractivity contribution in [3.05, 3.63) is 0 Å². The second kappa shape index (κ2) is 3.72. The van der Waals surface area contributed by atoms with Gasteiger partial charge in [-0.15, -0.1) is 0 Å². The summed E-state index contributed by atoms with van der Waals surface area (Å²) in [4.78, 5) is 0. The molecule has 2 saturated heterocycles. The Bertz CT molecular complexity index is 596. The molecule has 1 aliphatic carbocycles. The maximum Gasteiger partial charge on any atom is 0.217 e. The Morgan fingerprint density at radius 1 is 1.20 bits per heavy atom. The first-order valence-corrected chi connectivity index (χ1v) is 6.72. The molecule has 1 N–H and O–H groups in total. The molecule has 20 heavy (non-hydrogen) atoms. The van der Waals surface area contributed by atoms with Crippen LogP contribution in [0.3, 0.4) is 0 Å². The molecule has 3 rings (SSSR count). The van der Waals surface area contributed by atoms with E-state index in [2.05, 4.69) is 6.07 Å². The van der Waals surface area contributed by atoms with E-state index < -0.39 is 28.6 Å². The summed E-state index contributed by atoms with van der Waals surface area (Å²) in [7, 11) is 0. The highest BCUT2D eigenvalue weighted by Crippen LogP contribution is 2.66. The van der Waals surface area contributed by atoms with E-state index in [9.17, 15) is 15.8 Å². The SMILES string of the molecule is C[C@H]1O[C@@]23CCCC[C@@H]2[C@@](C#N)(C(=N)O3)C1(C#N)C#N. The molecule has 3 fully saturated rings. The number of ether oxygens (including phenoxy) is 2. The fourth-order valence-corrected chi connectivity index (χ4v) is 4.12. The number of nitriles is 3. The van der Waals surface area contributed by atoms with Gasteiger partial charge in [0.05, 0.1) is 30.2 Å². The van der Waals surface area contributed by atoms with Crippen LogP contribution in [0.4, 0.5) is 0 Å². The quantitative estimate of drug-likeness (QED) is 0.721. The van der Waals surface area contributed by atoms with Gasteiger partial charge in [-0.1, -0.05) is 6.42 Å². The lowest BCUT2D eigenvalue weighted by atomic mass is 9.52. The summed E-state index contributed by atoms with van der Waals surface area (Å²) >= 11 is 0. The predicted octanol–water partition coefficient (Wildman–Crippen LogP) is 1.84. The number of rotatable bonds is 0. The van der Waals surface area contributed by atoms with E-state index in [-0.39, 0.29) is 5.90 Å². The standard InChI is InChI=1S/C14H14N4O2/c1-9-12(6-15,7-16)13(8-17)10-4-2-3-5-14(10,19-9)20-11(13)18/h9-10,18H,2-5H2,1H3/t9-,10-,13+,14-/m1/s1. The van der Waals surface area contributed by atoms with Gasteiger partial charge < -0.3 is 9.47 Å². The first-order chi connectivity index (χ1) is 9.53. The molecule has 6 nitrogen and oxygen atoms in total. The maximum atomic E-state index is 9.76. The molecular formula is C14H14N4O2. The highest BCUT2D eigenvalue weighted by Gasteiger charge is 2.79. The van der Waals surface area contributed by atoms with E-state index in [1.54, 1.807) is 6.92 Å². The normalized spacial score (nSPS) is 44.4. The smallest absolute Gasteiger partial charge is 0.217 e. The molecule has 6 heteroatoms. The fourth-order valence-electron chi connectivity index (χ4n) is 4.12. The third-order valence-corrected chi connectivity index (χ3v) is 5.09. The Labute approximate surface area is 117 Å². The molecule has 0 unspecified atom stereocenters. The van der Waals surface area contributed by atoms with Gasteiger partial charge in [0.15, 0.2) is 10.8 Å². The molecular weight excluding hydrogens is 256 g/mol. The summed E-state index contributed by atoms with van der Waals surface area (Å²) in [6, 6.07) is 6.04. The third-order valence-electron chi connectivity index (χ3n) is 5.09. The molecule has 0 amide bonds. The van der Waals surface area contributed by atoms with Crippen molar-refractivity contribution in [2.24, 2.45) is 16.7 Å². The van der Waals surface area contributed by atoms with Gasteiger partial charge in [0.2, 0.25) is 11.7 Å². The van der Waals surface area contributed by atoms with Crippen molar-refractivity contribution in [1.29, 1.82) is 21.2 Å². The number of hydrogen-bond acceptors (Lipinski definition) is 6. The lowest BCUT2D eigenvalue weighted by Crippen LogP contribution is -2.62. The lowest BCUT2D eigenvalue weighted by Gasteiger charge is -2.50. The van der Waals surface area contributed by atoms with Gasteiger partial charge >= 0.3 is 0 Å². The number of nitrogens with one attached hydrogen (secondary N) is 1. The van der Waals surface area contributed by atoms with E-state index in [0.29, 0.717) is 12.8 Å². The van der Waals surface area contributed by atoms with Crippen molar-refractivity contribution in [2.75, 3.05) is 0 Å². The summed E-state index contributed by atoms with van der Waals surface area (Å²) in [5, 5.41) is 37.1. The van der Waals surface area contributed by atoms with Crippen LogP contribution in [0.2, 0.25) is 0 Å². The molecule has 2 aliphatic heterocycles. The summed E-state index contributed by atoms with van der Waals surface area (Å²) in [5.41, 5.74) is -3.21. The fraction of sp³-hybridized carbons (Fsp3) is 0.714. The minimum atomic E-state index is -1.69. The van der Waals surface area contributed by atoms with Crippen LogP contribution in [0.5, 0.6) is 0 Å². The van der Waals surface area contributed by atoms with E-state index >= 15 is 0 Å². The van der Waals surface area contributed by atoms with Gasteiger partial charge in [-0.2, -0.15) is 15.8 Å². The molecule has 4 atom stereocenters. The zero-order valence-corrected chi connectivity index (χ0v) is 11.1. The van der Waals surface area contributed by atoms with Crippen molar-refractivity contribution in [1.82, 2.24) is 0 Å². The molecule has 0 aromatic heterocycles. The van der Waals surface area contributed by atoms with Gasteiger partial charge in [0, 0.05) is 6.42 Å². The summed E-state index contributed by atoms with van der Waals surface area (Å²) in [6.45, 7) is 1.62. The van der Waals surface area contributed by atoms with Gasteiger partial charge in [0.1, 0.15) is 0 Å². The van der Waals surface area contributed by atoms with E-state index in [4.69, 9.17) is 14.9 Å². The van der Waals surface area contributed by atoms with Crippen LogP contribution >= 0.6 is 0 Å². The van der Waals surface area contributed by atoms with Crippen molar-refractivity contribution in [3.8, 4) is 18.2 Å². The topological polar surface area (TPSA) is 114 Å². The molecule has 2 heterocycles. The molecule has 2 bridgehead atoms. The van der Waals surface area contributed by atoms with Gasteiger partial charge in [-0.05, 0) is 19.8 Å². The second-order valence-electron chi connectivity index (χ2n) is 5.75. The van der Waals surface area contributed by atoms with Crippen molar-refractivity contribution < 1.29 is 9.47 Å². The Kier molecular flexibility index (Phi) is 2.40. The van der Waals surface area contributed by atoms with Crippen LogP contribution in [-0.2, 0) is 9.47 Å². The first-order valence-electron chi connectivity index (χ1n) is 6.72. The highest BCUT2D eigenvalue weighted by atomic mass is 16.7. The van der Waals surface area contributed by atoms with Crippen LogP contribution in [0.25, 0.3) is 0 Å². The average Bonchev–Trinajstić information content (AvgIpc) is 2.66. The lowest BCUT2D eigenvalue weighted by molar-refractivity contribution is -0.287. The Balaban J connectivity index is 2.30. The van der Waals surface area contributed by atoms with Crippen LogP contribution in [0.1, 0.15) is 32.6 Å². The predicted molar refractivity (Wildman–Crippen MR) is 65.8 cm³/mol. The Morgan fingerprint density at radius 2 is 1.90 bits per heavy atom. The van der Waals surface area contributed by atoms with Crippen molar-refractivity contribution in [3.63, 3.8) is 0 Å². The van der Waals surface area contributed by atoms with Crippen LogP contribution in [0, 0.1) is 56.2 Å². The van der Waals surface area contributed by atoms with E-state index in [1.165, 1.54) is 0 Å². The summed E-state index contributed by atoms with van der Waals surface area (Å²) in [5.74, 6) is -1.70. The number of hydrogen-bond donors (Lipinski definition) is 1. The minimum absolute atomic E-state index is 0.278. The molecule has 102 valence electrons. The van der Waals surface area contributed by atoms with Crippen LogP contribution in [-0.4, -0.2) is 17.8 Å². The molecule has 1 saturated carbocycles. The number of nitrogens with zero attached hydrogens (tertiary/aromatic N) is 3. The molecule has 3 aliphatic rings. The average molecular weight is 270 g/mol. The van der Waals surface area contributed by atoms with Crippen LogP contribution in [0.15, 0.2) is 0 Å². The summed E-state index contributed by atoms with van der Waals surface area (Å²) < 4.78 is 11.5. The minimum Gasteiger partial charge on any atom is -0.447 e. The summed E-state index contributed by atoms with van der Waals surface area (Å²) in [6.07, 6.45) is 2.24. The molecule has 0 radical (unpaired) electrons. The Morgan fingerprint density at radius 3 is 2.50 bits per heavy atom. The Hall–Kier alpha value is -2.10. The van der Waals surface area contributed by atoms with E-state index in [0.717, 1.165) is 12.8 Å². The van der Waals surface area contributed by atoms with Gasteiger partial charge in [-0.25, -0.2) is 0 Å². The molecule has 0 spiro atoms. The molecule has 0 aromatic carbocycles. The van der Waals surface area contributed by atoms with Gasteiger partial charge in [-0.3, -0.25) is 5.41 Å². The zero-order chi connectivity index (χ0) is 14.6. The van der Waals surface area contributed by atoms with Crippen LogP contribution < -0.4 is 0 Å². The van der Waals surface area contributed by atoms with Crippen molar-refractivity contribution >= 4 is 5.90 Å². The highest BCUT2D eigenvalue weighted by molar-refractivity contribution is 5.89. The monoisotopic (exact) mass is 270 g/mol. The van der Waals surface area contributed by atoms with E-state index in [1.807, 2.05) is 12.1 Å². The first kappa shape index (κ1) is 12.9. The largest absolute Gasteiger partial charge is 0.447 e. The van der Waals surface area contributed by atoms with Gasteiger partial charge in [0.25, 0.3) is 0 Å². The van der Waals surface area contributed by atoms with Crippen molar-refractivity contribution in [2.45, 2.75) is 44.5 Å². The maximum absolute atomic E-state index is 9.76. The second-order valence-corrected chi connectivity index (χ2v) is 5.75.